The van der Waals surface area contributed by atoms with Gasteiger partial charge in [-0.05, 0) is 48.5 Å². The Kier molecular flexibility index (Phi) is 6.07. The minimum absolute atomic E-state index is 0.105. The summed E-state index contributed by atoms with van der Waals surface area (Å²) in [7, 11) is 0. The Labute approximate surface area is 163 Å². The summed E-state index contributed by atoms with van der Waals surface area (Å²) in [6, 6.07) is 18.6. The van der Waals surface area contributed by atoms with Crippen molar-refractivity contribution >= 4 is 50.9 Å². The SMILES string of the molecule is O=C(CSc1ccc(-c2ccc(Br)cc2)nn1)Nc1ccc(Cl)cc1. The van der Waals surface area contributed by atoms with Crippen LogP contribution >= 0.6 is 39.3 Å². The van der Waals surface area contributed by atoms with E-state index in [2.05, 4.69) is 31.4 Å². The topological polar surface area (TPSA) is 54.9 Å². The number of nitrogens with one attached hydrogen (secondary N) is 1. The molecule has 1 aromatic heterocycles. The molecule has 0 spiro atoms. The van der Waals surface area contributed by atoms with Crippen molar-refractivity contribution in [2.24, 2.45) is 0 Å². The number of benzene rings is 2. The Balaban J connectivity index is 1.55. The van der Waals surface area contributed by atoms with Gasteiger partial charge in [0.2, 0.25) is 5.91 Å². The number of nitrogens with zero attached hydrogens (tertiary/aromatic N) is 2. The molecular weight excluding hydrogens is 422 g/mol. The molecule has 4 nitrogen and oxygen atoms in total. The number of anilines is 1. The molecule has 3 aromatic rings. The number of halogens is 2. The standard InChI is InChI=1S/C18H13BrClN3OS/c19-13-3-1-12(2-4-13)16-9-10-18(23-22-16)25-11-17(24)21-15-7-5-14(20)6-8-15/h1-10H,11H2,(H,21,24). The molecule has 25 heavy (non-hydrogen) atoms. The summed E-state index contributed by atoms with van der Waals surface area (Å²) < 4.78 is 1.02. The highest BCUT2D eigenvalue weighted by Gasteiger charge is 2.06. The van der Waals surface area contributed by atoms with Crippen LogP contribution < -0.4 is 5.32 Å². The van der Waals surface area contributed by atoms with Gasteiger partial charge in [-0.2, -0.15) is 0 Å². The van der Waals surface area contributed by atoms with E-state index in [1.54, 1.807) is 24.3 Å². The van der Waals surface area contributed by atoms with Crippen LogP contribution in [0.5, 0.6) is 0 Å². The molecule has 3 rings (SSSR count). The number of hydrogen-bond donors (Lipinski definition) is 1. The van der Waals surface area contributed by atoms with Gasteiger partial charge in [0.05, 0.1) is 11.4 Å². The van der Waals surface area contributed by atoms with Crippen LogP contribution in [0.2, 0.25) is 5.02 Å². The van der Waals surface area contributed by atoms with Crippen LogP contribution in [0.15, 0.2) is 70.2 Å². The molecule has 1 heterocycles. The van der Waals surface area contributed by atoms with Gasteiger partial charge in [-0.25, -0.2) is 0 Å². The predicted octanol–water partition coefficient (Wildman–Crippen LogP) is 5.29. The number of hydrogen-bond acceptors (Lipinski definition) is 4. The van der Waals surface area contributed by atoms with E-state index in [0.717, 1.165) is 15.7 Å². The van der Waals surface area contributed by atoms with Crippen LogP contribution in [0.1, 0.15) is 0 Å². The lowest BCUT2D eigenvalue weighted by atomic mass is 10.1. The van der Waals surface area contributed by atoms with Gasteiger partial charge < -0.3 is 5.32 Å². The maximum atomic E-state index is 12.0. The smallest absolute Gasteiger partial charge is 0.234 e. The summed E-state index contributed by atoms with van der Waals surface area (Å²) in [5.74, 6) is 0.153. The van der Waals surface area contributed by atoms with E-state index < -0.39 is 0 Å². The number of carbonyl (C=O) groups excluding carboxylic acids is 1. The van der Waals surface area contributed by atoms with Crippen LogP contribution in [0.3, 0.4) is 0 Å². The monoisotopic (exact) mass is 433 g/mol. The lowest BCUT2D eigenvalue weighted by Crippen LogP contribution is -2.14. The van der Waals surface area contributed by atoms with E-state index in [9.17, 15) is 4.79 Å². The first kappa shape index (κ1) is 17.9. The quantitative estimate of drug-likeness (QED) is 0.554. The first-order valence-electron chi connectivity index (χ1n) is 7.38. The summed E-state index contributed by atoms with van der Waals surface area (Å²) in [6.45, 7) is 0. The minimum Gasteiger partial charge on any atom is -0.325 e. The summed E-state index contributed by atoms with van der Waals surface area (Å²) in [5, 5.41) is 12.5. The fourth-order valence-electron chi connectivity index (χ4n) is 2.04. The van der Waals surface area contributed by atoms with E-state index in [1.807, 2.05) is 36.4 Å². The normalized spacial score (nSPS) is 10.5. The van der Waals surface area contributed by atoms with E-state index in [4.69, 9.17) is 11.6 Å². The Bertz CT molecular complexity index is 855. The number of aromatic nitrogens is 2. The van der Waals surface area contributed by atoms with Gasteiger partial charge >= 0.3 is 0 Å². The minimum atomic E-state index is -0.105. The third kappa shape index (κ3) is 5.29. The van der Waals surface area contributed by atoms with E-state index in [0.29, 0.717) is 15.7 Å². The highest BCUT2D eigenvalue weighted by molar-refractivity contribution is 9.10. The Morgan fingerprint density at radius 2 is 1.72 bits per heavy atom. The average Bonchev–Trinajstić information content (AvgIpc) is 2.63. The molecule has 0 bridgehead atoms. The highest BCUT2D eigenvalue weighted by atomic mass is 79.9. The molecule has 0 fully saturated rings. The van der Waals surface area contributed by atoms with Crippen molar-refractivity contribution in [2.75, 3.05) is 11.1 Å². The lowest BCUT2D eigenvalue weighted by Gasteiger charge is -2.05. The Hall–Kier alpha value is -1.89. The van der Waals surface area contributed by atoms with Crippen molar-refractivity contribution < 1.29 is 4.79 Å². The molecule has 0 aliphatic rings. The molecule has 2 aromatic carbocycles. The fraction of sp³-hybridized carbons (Fsp3) is 0.0556. The van der Waals surface area contributed by atoms with Crippen LogP contribution in [0, 0.1) is 0 Å². The first-order chi connectivity index (χ1) is 12.1. The van der Waals surface area contributed by atoms with Gasteiger partial charge in [-0.15, -0.1) is 10.2 Å². The summed E-state index contributed by atoms with van der Waals surface area (Å²) >= 11 is 10.6. The molecule has 0 saturated heterocycles. The third-order valence-corrected chi connectivity index (χ3v) is 4.96. The van der Waals surface area contributed by atoms with Gasteiger partial charge in [-0.3, -0.25) is 4.79 Å². The molecule has 0 unspecified atom stereocenters. The van der Waals surface area contributed by atoms with Gasteiger partial charge in [0, 0.05) is 20.7 Å². The van der Waals surface area contributed by atoms with Crippen LogP contribution in [-0.2, 0) is 4.79 Å². The second-order valence-electron chi connectivity index (χ2n) is 5.11. The maximum Gasteiger partial charge on any atom is 0.234 e. The van der Waals surface area contributed by atoms with E-state index in [-0.39, 0.29) is 11.7 Å². The van der Waals surface area contributed by atoms with E-state index in [1.165, 1.54) is 11.8 Å². The molecule has 0 atom stereocenters. The zero-order valence-electron chi connectivity index (χ0n) is 12.9. The molecule has 126 valence electrons. The van der Waals surface area contributed by atoms with Crippen LogP contribution in [0.4, 0.5) is 5.69 Å². The van der Waals surface area contributed by atoms with Crippen LogP contribution in [0.25, 0.3) is 11.3 Å². The van der Waals surface area contributed by atoms with Crippen molar-refractivity contribution in [2.45, 2.75) is 5.03 Å². The Morgan fingerprint density at radius 3 is 2.36 bits per heavy atom. The van der Waals surface area contributed by atoms with Gasteiger partial charge in [0.15, 0.2) is 0 Å². The molecule has 1 N–H and O–H groups in total. The summed E-state index contributed by atoms with van der Waals surface area (Å²) in [6.07, 6.45) is 0. The molecule has 0 aliphatic carbocycles. The van der Waals surface area contributed by atoms with Crippen LogP contribution in [-0.4, -0.2) is 21.9 Å². The van der Waals surface area contributed by atoms with Gasteiger partial charge in [0.1, 0.15) is 5.03 Å². The number of amides is 1. The molecule has 0 aliphatic heterocycles. The number of rotatable bonds is 5. The van der Waals surface area contributed by atoms with Crippen molar-refractivity contribution in [3.63, 3.8) is 0 Å². The van der Waals surface area contributed by atoms with Crippen molar-refractivity contribution in [1.29, 1.82) is 0 Å². The Morgan fingerprint density at radius 1 is 1.00 bits per heavy atom. The fourth-order valence-corrected chi connectivity index (χ4v) is 3.05. The molecule has 7 heteroatoms. The van der Waals surface area contributed by atoms with Crippen molar-refractivity contribution in [3.8, 4) is 11.3 Å². The van der Waals surface area contributed by atoms with Gasteiger partial charge in [0.25, 0.3) is 0 Å². The molecular formula is C18H13BrClN3OS. The largest absolute Gasteiger partial charge is 0.325 e. The summed E-state index contributed by atoms with van der Waals surface area (Å²) in [4.78, 5) is 12.0. The van der Waals surface area contributed by atoms with Gasteiger partial charge in [-0.1, -0.05) is 51.4 Å². The second kappa shape index (κ2) is 8.47. The predicted molar refractivity (Wildman–Crippen MR) is 106 cm³/mol. The number of thioether (sulfide) groups is 1. The maximum absolute atomic E-state index is 12.0. The molecule has 1 amide bonds. The molecule has 0 saturated carbocycles. The summed E-state index contributed by atoms with van der Waals surface area (Å²) in [5.41, 5.74) is 2.50. The lowest BCUT2D eigenvalue weighted by molar-refractivity contribution is -0.113. The third-order valence-electron chi connectivity index (χ3n) is 3.26. The first-order valence-corrected chi connectivity index (χ1v) is 9.54. The van der Waals surface area contributed by atoms with Crippen molar-refractivity contribution in [3.05, 3.63) is 70.2 Å². The van der Waals surface area contributed by atoms with E-state index >= 15 is 0 Å². The second-order valence-corrected chi connectivity index (χ2v) is 7.46. The average molecular weight is 435 g/mol. The zero-order chi connectivity index (χ0) is 17.6. The zero-order valence-corrected chi connectivity index (χ0v) is 16.1. The van der Waals surface area contributed by atoms with Crippen molar-refractivity contribution in [1.82, 2.24) is 10.2 Å². The number of carbonyl (C=O) groups is 1. The highest BCUT2D eigenvalue weighted by Crippen LogP contribution is 2.22. The molecule has 0 radical (unpaired) electrons.